The molecular weight excluding hydrogens is 312 g/mol. The van der Waals surface area contributed by atoms with Crippen molar-refractivity contribution in [2.24, 2.45) is 0 Å². The van der Waals surface area contributed by atoms with Crippen molar-refractivity contribution in [1.29, 1.82) is 0 Å². The number of thiol groups is 1. The molecule has 1 N–H and O–H groups in total. The lowest BCUT2D eigenvalue weighted by Gasteiger charge is -2.07. The predicted octanol–water partition coefficient (Wildman–Crippen LogP) is 3.47. The van der Waals surface area contributed by atoms with E-state index in [-0.39, 0.29) is 18.1 Å². The number of non-ortho nitro benzene ring substituents is 1. The van der Waals surface area contributed by atoms with Crippen LogP contribution in [0.4, 0.5) is 5.69 Å². The van der Waals surface area contributed by atoms with E-state index in [1.165, 1.54) is 12.1 Å². The molecule has 0 heterocycles. The molecule has 0 fully saturated rings. The minimum atomic E-state index is -0.480. The normalized spacial score (nSPS) is 10.2. The summed E-state index contributed by atoms with van der Waals surface area (Å²) in [5.74, 6) is -0.359. The fourth-order valence-corrected chi connectivity index (χ4v) is 2.15. The average Bonchev–Trinajstić information content (AvgIpc) is 2.47. The first-order chi connectivity index (χ1) is 9.97. The van der Waals surface area contributed by atoms with Gasteiger partial charge in [-0.05, 0) is 23.8 Å². The lowest BCUT2D eigenvalue weighted by molar-refractivity contribution is -0.384. The van der Waals surface area contributed by atoms with E-state index in [1.54, 1.807) is 30.3 Å². The Morgan fingerprint density at radius 3 is 2.76 bits per heavy atom. The lowest BCUT2D eigenvalue weighted by atomic mass is 10.1. The van der Waals surface area contributed by atoms with Gasteiger partial charge in [0.05, 0.1) is 15.5 Å². The number of carbonyl (C=O) groups is 1. The summed E-state index contributed by atoms with van der Waals surface area (Å²) in [6.07, 6.45) is 0. The van der Waals surface area contributed by atoms with E-state index in [4.69, 9.17) is 11.6 Å². The van der Waals surface area contributed by atoms with Crippen molar-refractivity contribution in [3.8, 4) is 0 Å². The number of nitrogens with one attached hydrogen (secondary N) is 1. The number of hydrogen-bond donors (Lipinski definition) is 2. The van der Waals surface area contributed by atoms with E-state index in [0.29, 0.717) is 21.0 Å². The maximum absolute atomic E-state index is 12.0. The van der Waals surface area contributed by atoms with Gasteiger partial charge in [-0.1, -0.05) is 23.7 Å². The smallest absolute Gasteiger partial charge is 0.269 e. The van der Waals surface area contributed by atoms with E-state index < -0.39 is 4.92 Å². The highest BCUT2D eigenvalue weighted by Gasteiger charge is 2.11. The number of nitrogens with zero attached hydrogens (tertiary/aromatic N) is 1. The Kier molecular flexibility index (Phi) is 4.82. The fourth-order valence-electron chi connectivity index (χ4n) is 1.74. The van der Waals surface area contributed by atoms with Crippen LogP contribution in [0.5, 0.6) is 0 Å². The van der Waals surface area contributed by atoms with Crippen LogP contribution in [-0.2, 0) is 6.54 Å². The second-order valence-corrected chi connectivity index (χ2v) is 5.20. The molecule has 2 aromatic rings. The van der Waals surface area contributed by atoms with Gasteiger partial charge in [-0.2, -0.15) is 0 Å². The summed E-state index contributed by atoms with van der Waals surface area (Å²) < 4.78 is 0. The van der Waals surface area contributed by atoms with Gasteiger partial charge in [-0.15, -0.1) is 12.6 Å². The first-order valence-electron chi connectivity index (χ1n) is 5.97. The molecule has 7 heteroatoms. The summed E-state index contributed by atoms with van der Waals surface area (Å²) >= 11 is 10.1. The fraction of sp³-hybridized carbons (Fsp3) is 0.0714. The summed E-state index contributed by atoms with van der Waals surface area (Å²) in [4.78, 5) is 22.9. The summed E-state index contributed by atoms with van der Waals surface area (Å²) in [5, 5.41) is 13.7. The molecule has 0 aromatic heterocycles. The molecular formula is C14H11ClN2O3S. The van der Waals surface area contributed by atoms with Gasteiger partial charge in [0.2, 0.25) is 0 Å². The topological polar surface area (TPSA) is 72.2 Å². The molecule has 108 valence electrons. The SMILES string of the molecule is O=C(NCc1cccc([N+](=O)[O-])c1)c1cc(S)ccc1Cl. The molecule has 0 saturated heterocycles. The van der Waals surface area contributed by atoms with Gasteiger partial charge in [0.25, 0.3) is 11.6 Å². The van der Waals surface area contributed by atoms with Crippen LogP contribution in [0.25, 0.3) is 0 Å². The monoisotopic (exact) mass is 322 g/mol. The molecule has 0 atom stereocenters. The zero-order valence-electron chi connectivity index (χ0n) is 10.7. The maximum Gasteiger partial charge on any atom is 0.269 e. The summed E-state index contributed by atoms with van der Waals surface area (Å²) in [6, 6.07) is 10.9. The Morgan fingerprint density at radius 1 is 1.29 bits per heavy atom. The minimum Gasteiger partial charge on any atom is -0.348 e. The van der Waals surface area contributed by atoms with Crippen molar-refractivity contribution >= 4 is 35.8 Å². The van der Waals surface area contributed by atoms with Crippen LogP contribution >= 0.6 is 24.2 Å². The van der Waals surface area contributed by atoms with Crippen molar-refractivity contribution in [3.05, 3.63) is 68.7 Å². The van der Waals surface area contributed by atoms with Crippen molar-refractivity contribution in [2.45, 2.75) is 11.4 Å². The maximum atomic E-state index is 12.0. The van der Waals surface area contributed by atoms with E-state index in [1.807, 2.05) is 0 Å². The number of benzene rings is 2. The van der Waals surface area contributed by atoms with E-state index in [9.17, 15) is 14.9 Å². The quantitative estimate of drug-likeness (QED) is 0.514. The number of hydrogen-bond acceptors (Lipinski definition) is 4. The molecule has 5 nitrogen and oxygen atoms in total. The third-order valence-electron chi connectivity index (χ3n) is 2.77. The first kappa shape index (κ1) is 15.3. The van der Waals surface area contributed by atoms with Crippen molar-refractivity contribution in [3.63, 3.8) is 0 Å². The minimum absolute atomic E-state index is 0.0165. The van der Waals surface area contributed by atoms with E-state index >= 15 is 0 Å². The van der Waals surface area contributed by atoms with Gasteiger partial charge < -0.3 is 5.32 Å². The molecule has 2 aromatic carbocycles. The van der Waals surface area contributed by atoms with Gasteiger partial charge >= 0.3 is 0 Å². The molecule has 0 bridgehead atoms. The predicted molar refractivity (Wildman–Crippen MR) is 83.0 cm³/mol. The number of amides is 1. The Hall–Kier alpha value is -2.05. The Bertz CT molecular complexity index is 706. The molecule has 0 aliphatic rings. The summed E-state index contributed by atoms with van der Waals surface area (Å²) in [6.45, 7) is 0.174. The number of nitro benzene ring substituents is 1. The third-order valence-corrected chi connectivity index (χ3v) is 3.38. The molecule has 0 aliphatic heterocycles. The summed E-state index contributed by atoms with van der Waals surface area (Å²) in [5.41, 5.74) is 0.933. The summed E-state index contributed by atoms with van der Waals surface area (Å²) in [7, 11) is 0. The number of nitro groups is 1. The van der Waals surface area contributed by atoms with Gasteiger partial charge in [0, 0.05) is 23.6 Å². The Labute approximate surface area is 131 Å². The van der Waals surface area contributed by atoms with Gasteiger partial charge in [-0.3, -0.25) is 14.9 Å². The van der Waals surface area contributed by atoms with Gasteiger partial charge in [0.15, 0.2) is 0 Å². The molecule has 1 amide bonds. The number of rotatable bonds is 4. The van der Waals surface area contributed by atoms with Crippen LogP contribution in [0.15, 0.2) is 47.4 Å². The van der Waals surface area contributed by atoms with Crippen LogP contribution in [0, 0.1) is 10.1 Å². The van der Waals surface area contributed by atoms with E-state index in [2.05, 4.69) is 17.9 Å². The Balaban J connectivity index is 2.09. The molecule has 21 heavy (non-hydrogen) atoms. The molecule has 0 saturated carbocycles. The molecule has 0 radical (unpaired) electrons. The van der Waals surface area contributed by atoms with Gasteiger partial charge in [-0.25, -0.2) is 0 Å². The number of carbonyl (C=O) groups excluding carboxylic acids is 1. The number of halogens is 1. The zero-order valence-corrected chi connectivity index (χ0v) is 12.4. The third kappa shape index (κ3) is 3.96. The zero-order chi connectivity index (χ0) is 15.4. The second kappa shape index (κ2) is 6.60. The van der Waals surface area contributed by atoms with Gasteiger partial charge in [0.1, 0.15) is 0 Å². The molecule has 0 aliphatic carbocycles. The largest absolute Gasteiger partial charge is 0.348 e. The lowest BCUT2D eigenvalue weighted by Crippen LogP contribution is -2.23. The van der Waals surface area contributed by atoms with Crippen LogP contribution in [0.3, 0.4) is 0 Å². The average molecular weight is 323 g/mol. The van der Waals surface area contributed by atoms with Crippen molar-refractivity contribution < 1.29 is 9.72 Å². The van der Waals surface area contributed by atoms with Crippen molar-refractivity contribution in [1.82, 2.24) is 5.32 Å². The molecule has 2 rings (SSSR count). The standard InChI is InChI=1S/C14H11ClN2O3S/c15-13-5-4-11(21)7-12(13)14(18)16-8-9-2-1-3-10(6-9)17(19)20/h1-7,21H,8H2,(H,16,18). The molecule has 0 spiro atoms. The van der Waals surface area contributed by atoms with Crippen LogP contribution in [0.1, 0.15) is 15.9 Å². The highest BCUT2D eigenvalue weighted by Crippen LogP contribution is 2.20. The van der Waals surface area contributed by atoms with Crippen LogP contribution < -0.4 is 5.32 Å². The van der Waals surface area contributed by atoms with E-state index in [0.717, 1.165) is 0 Å². The highest BCUT2D eigenvalue weighted by atomic mass is 35.5. The van der Waals surface area contributed by atoms with Crippen LogP contribution in [-0.4, -0.2) is 10.8 Å². The van der Waals surface area contributed by atoms with Crippen molar-refractivity contribution in [2.75, 3.05) is 0 Å². The highest BCUT2D eigenvalue weighted by molar-refractivity contribution is 7.80. The second-order valence-electron chi connectivity index (χ2n) is 4.27. The molecule has 0 unspecified atom stereocenters. The Morgan fingerprint density at radius 2 is 2.05 bits per heavy atom. The first-order valence-corrected chi connectivity index (χ1v) is 6.80. The van der Waals surface area contributed by atoms with Crippen LogP contribution in [0.2, 0.25) is 5.02 Å².